The Morgan fingerprint density at radius 3 is 2.63 bits per heavy atom. The molecule has 148 valence electrons. The van der Waals surface area contributed by atoms with Crippen LogP contribution in [0, 0.1) is 11.3 Å². The van der Waals surface area contributed by atoms with E-state index in [4.69, 9.17) is 4.99 Å². The average Bonchev–Trinajstić information content (AvgIpc) is 3.34. The summed E-state index contributed by atoms with van der Waals surface area (Å²) >= 11 is 0. The molecule has 2 aliphatic rings. The first-order valence-corrected chi connectivity index (χ1v) is 10.7. The lowest BCUT2D eigenvalue weighted by molar-refractivity contribution is 0.462. The van der Waals surface area contributed by atoms with Gasteiger partial charge >= 0.3 is 0 Å². The number of aromatic amines is 1. The van der Waals surface area contributed by atoms with Crippen LogP contribution in [-0.2, 0) is 18.3 Å². The Morgan fingerprint density at radius 1 is 1.10 bits per heavy atom. The molecule has 2 aromatic carbocycles. The smallest absolute Gasteiger partial charge is 0.133 e. The molecule has 1 atom stereocenters. The minimum Gasteiger partial charge on any atom is -0.346 e. The minimum atomic E-state index is -0.152. The zero-order chi connectivity index (χ0) is 20.6. The molecule has 2 heterocycles. The van der Waals surface area contributed by atoms with Crippen molar-refractivity contribution < 1.29 is 0 Å². The Labute approximate surface area is 177 Å². The van der Waals surface area contributed by atoms with Gasteiger partial charge in [0.2, 0.25) is 0 Å². The summed E-state index contributed by atoms with van der Waals surface area (Å²) in [6, 6.07) is 22.2. The number of allylic oxidation sites excluding steroid dienone is 1. The van der Waals surface area contributed by atoms with E-state index in [1.165, 1.54) is 27.8 Å². The molecule has 0 radical (unpaired) electrons. The van der Waals surface area contributed by atoms with Crippen molar-refractivity contribution in [2.24, 2.45) is 4.99 Å². The molecule has 1 aromatic heterocycles. The number of nitriles is 1. The summed E-state index contributed by atoms with van der Waals surface area (Å²) in [5, 5.41) is 10.8. The standard InChI is InChI=1S/C27H25N3/c1-2-23-10-11-24(25-12-15-29-26(25)30-23)19-8-5-9-22(16-19)27(13-14-28)17-20-6-3-4-7-21(20)18-27/h3-12,15-16,23H,2,13,17-18H2,1H3,(H,29,30). The van der Waals surface area contributed by atoms with Gasteiger partial charge in [0.25, 0.3) is 0 Å². The number of hydrogen-bond acceptors (Lipinski definition) is 2. The molecule has 3 heteroatoms. The fourth-order valence-corrected chi connectivity index (χ4v) is 4.96. The molecule has 5 rings (SSSR count). The van der Waals surface area contributed by atoms with Gasteiger partial charge in [0.1, 0.15) is 5.49 Å². The Balaban J connectivity index is 1.63. The van der Waals surface area contributed by atoms with E-state index in [1.807, 2.05) is 6.20 Å². The van der Waals surface area contributed by atoms with Crippen LogP contribution in [0.2, 0.25) is 0 Å². The fraction of sp³-hybridized carbons (Fsp3) is 0.259. The summed E-state index contributed by atoms with van der Waals surface area (Å²) in [5.41, 5.74) is 7.17. The van der Waals surface area contributed by atoms with Gasteiger partial charge in [0.05, 0.1) is 12.1 Å². The van der Waals surface area contributed by atoms with Crippen molar-refractivity contribution in [1.29, 1.82) is 5.26 Å². The van der Waals surface area contributed by atoms with E-state index >= 15 is 0 Å². The third kappa shape index (κ3) is 3.09. The van der Waals surface area contributed by atoms with Crippen molar-refractivity contribution in [3.8, 4) is 6.07 Å². The van der Waals surface area contributed by atoms with Crippen molar-refractivity contribution >= 4 is 5.57 Å². The molecule has 1 aliphatic heterocycles. The average molecular weight is 392 g/mol. The fourth-order valence-electron chi connectivity index (χ4n) is 4.96. The van der Waals surface area contributed by atoms with Crippen molar-refractivity contribution in [2.75, 3.05) is 0 Å². The predicted molar refractivity (Wildman–Crippen MR) is 120 cm³/mol. The van der Waals surface area contributed by atoms with Crippen LogP contribution < -0.4 is 10.7 Å². The summed E-state index contributed by atoms with van der Waals surface area (Å²) in [6.07, 6.45) is 9.74. The number of nitrogens with one attached hydrogen (secondary N) is 1. The maximum absolute atomic E-state index is 9.66. The summed E-state index contributed by atoms with van der Waals surface area (Å²) in [7, 11) is 0. The van der Waals surface area contributed by atoms with Crippen LogP contribution in [0.4, 0.5) is 0 Å². The first-order valence-electron chi connectivity index (χ1n) is 10.7. The highest BCUT2D eigenvalue weighted by Crippen LogP contribution is 2.42. The van der Waals surface area contributed by atoms with Crippen LogP contribution in [0.5, 0.6) is 0 Å². The Morgan fingerprint density at radius 2 is 1.90 bits per heavy atom. The lowest BCUT2D eigenvalue weighted by atomic mass is 9.74. The Hall–Kier alpha value is -3.38. The van der Waals surface area contributed by atoms with Gasteiger partial charge in [-0.05, 0) is 53.2 Å². The number of rotatable bonds is 4. The molecule has 3 nitrogen and oxygen atoms in total. The summed E-state index contributed by atoms with van der Waals surface area (Å²) < 4.78 is 0. The molecule has 30 heavy (non-hydrogen) atoms. The normalized spacial score (nSPS) is 18.8. The van der Waals surface area contributed by atoms with Crippen LogP contribution in [0.15, 0.2) is 77.9 Å². The maximum atomic E-state index is 9.66. The number of fused-ring (bicyclic) bond motifs is 2. The highest BCUT2D eigenvalue weighted by molar-refractivity contribution is 5.74. The quantitative estimate of drug-likeness (QED) is 0.714. The van der Waals surface area contributed by atoms with E-state index in [1.54, 1.807) is 0 Å². The predicted octanol–water partition coefficient (Wildman–Crippen LogP) is 4.13. The van der Waals surface area contributed by atoms with Crippen molar-refractivity contribution in [1.82, 2.24) is 4.98 Å². The van der Waals surface area contributed by atoms with Gasteiger partial charge in [-0.25, -0.2) is 0 Å². The van der Waals surface area contributed by atoms with Gasteiger partial charge in [-0.3, -0.25) is 4.99 Å². The van der Waals surface area contributed by atoms with E-state index < -0.39 is 0 Å². The van der Waals surface area contributed by atoms with Crippen molar-refractivity contribution in [3.05, 3.63) is 106 Å². The largest absolute Gasteiger partial charge is 0.346 e. The molecule has 1 unspecified atom stereocenters. The van der Waals surface area contributed by atoms with Crippen LogP contribution in [0.25, 0.3) is 5.57 Å². The molecule has 0 amide bonds. The van der Waals surface area contributed by atoms with E-state index in [-0.39, 0.29) is 11.5 Å². The monoisotopic (exact) mass is 391 g/mol. The number of benzene rings is 2. The molecule has 1 aliphatic carbocycles. The number of H-pyrrole nitrogens is 1. The Kier molecular flexibility index (Phi) is 4.64. The van der Waals surface area contributed by atoms with Gasteiger partial charge in [0.15, 0.2) is 0 Å². The second-order valence-electron chi connectivity index (χ2n) is 8.44. The number of aromatic nitrogens is 1. The summed E-state index contributed by atoms with van der Waals surface area (Å²) in [6.45, 7) is 2.16. The highest BCUT2D eigenvalue weighted by atomic mass is 14.9. The Bertz CT molecular complexity index is 1260. The zero-order valence-electron chi connectivity index (χ0n) is 17.2. The van der Waals surface area contributed by atoms with Gasteiger partial charge in [0, 0.05) is 23.3 Å². The third-order valence-electron chi connectivity index (χ3n) is 6.59. The van der Waals surface area contributed by atoms with Crippen LogP contribution >= 0.6 is 0 Å². The molecule has 3 aromatic rings. The highest BCUT2D eigenvalue weighted by Gasteiger charge is 2.38. The molecule has 0 bridgehead atoms. The second kappa shape index (κ2) is 7.46. The van der Waals surface area contributed by atoms with Crippen LogP contribution in [0.3, 0.4) is 0 Å². The van der Waals surface area contributed by atoms with E-state index in [9.17, 15) is 5.26 Å². The SMILES string of the molecule is CCC1C=CC(c2cccc(C3(CC#N)Cc4ccccc4C3)c2)=c2cc[nH]c2=N1. The van der Waals surface area contributed by atoms with Gasteiger partial charge in [-0.1, -0.05) is 67.6 Å². The first kappa shape index (κ1) is 18.6. The summed E-state index contributed by atoms with van der Waals surface area (Å²) in [4.78, 5) is 8.16. The molecule has 0 spiro atoms. The number of nitrogens with zero attached hydrogens (tertiary/aromatic N) is 2. The van der Waals surface area contributed by atoms with Crippen LogP contribution in [-0.4, -0.2) is 11.0 Å². The van der Waals surface area contributed by atoms with Crippen molar-refractivity contribution in [2.45, 2.75) is 44.1 Å². The van der Waals surface area contributed by atoms with Gasteiger partial charge in [-0.2, -0.15) is 5.26 Å². The molecule has 0 fully saturated rings. The first-order chi connectivity index (χ1) is 14.7. The van der Waals surface area contributed by atoms with Gasteiger partial charge in [-0.15, -0.1) is 0 Å². The van der Waals surface area contributed by atoms with E-state index in [0.717, 1.165) is 30.0 Å². The van der Waals surface area contributed by atoms with Gasteiger partial charge < -0.3 is 4.98 Å². The molecule has 0 saturated heterocycles. The van der Waals surface area contributed by atoms with E-state index in [2.05, 4.69) is 84.7 Å². The minimum absolute atomic E-state index is 0.152. The molecular weight excluding hydrogens is 366 g/mol. The molecular formula is C27H25N3. The third-order valence-corrected chi connectivity index (χ3v) is 6.59. The molecule has 0 saturated carbocycles. The van der Waals surface area contributed by atoms with Crippen LogP contribution in [0.1, 0.15) is 42.0 Å². The van der Waals surface area contributed by atoms with Crippen molar-refractivity contribution in [3.63, 3.8) is 0 Å². The second-order valence-corrected chi connectivity index (χ2v) is 8.44. The molecule has 1 N–H and O–H groups in total. The summed E-state index contributed by atoms with van der Waals surface area (Å²) in [5.74, 6) is 0. The topological polar surface area (TPSA) is 51.9 Å². The lowest BCUT2D eigenvalue weighted by Gasteiger charge is -2.27. The number of hydrogen-bond donors (Lipinski definition) is 1. The zero-order valence-corrected chi connectivity index (χ0v) is 17.2. The lowest BCUT2D eigenvalue weighted by Crippen LogP contribution is -2.27. The van der Waals surface area contributed by atoms with E-state index in [0.29, 0.717) is 6.42 Å². The maximum Gasteiger partial charge on any atom is 0.133 e.